The summed E-state index contributed by atoms with van der Waals surface area (Å²) in [6.45, 7) is 1.68. The maximum Gasteiger partial charge on any atom is 0.415 e. The fourth-order valence-corrected chi connectivity index (χ4v) is 5.72. The highest BCUT2D eigenvalue weighted by molar-refractivity contribution is 6.30. The summed E-state index contributed by atoms with van der Waals surface area (Å²) >= 11 is 6.10. The van der Waals surface area contributed by atoms with E-state index in [1.807, 2.05) is 12.1 Å². The van der Waals surface area contributed by atoms with E-state index in [0.717, 1.165) is 5.56 Å². The van der Waals surface area contributed by atoms with Crippen molar-refractivity contribution in [3.05, 3.63) is 64.9 Å². The molecule has 5 rings (SSSR count). The molecule has 10 heteroatoms. The Bertz CT molecular complexity index is 1280. The number of likely N-dealkylation sites (N-methyl/N-ethyl adjacent to an activating group) is 1. The number of rotatable bonds is 5. The largest absolute Gasteiger partial charge is 0.415 e. The van der Waals surface area contributed by atoms with Crippen LogP contribution in [0.25, 0.3) is 0 Å². The Morgan fingerprint density at radius 2 is 1.67 bits per heavy atom. The van der Waals surface area contributed by atoms with Gasteiger partial charge in [0.15, 0.2) is 0 Å². The van der Waals surface area contributed by atoms with Crippen LogP contribution in [0, 0.1) is 28.5 Å². The minimum Gasteiger partial charge on any atom is -0.410 e. The van der Waals surface area contributed by atoms with E-state index >= 15 is 0 Å². The number of piperidine rings is 1. The average Bonchev–Trinajstić information content (AvgIpc) is 3.64. The standard InChI is InChI=1S/C29H30ClFN4O4/c1-33(28(38)39-23-8-6-22(31)7-9-23)25-17-35(16-24(25)19-2-4-21(30)5-3-19)26(36)20-10-14-34(15-11-20)27(37)29(18-32)12-13-29/h2-9,20,24-25H,10-17H2,1H3. The summed E-state index contributed by atoms with van der Waals surface area (Å²) in [6, 6.07) is 14.4. The summed E-state index contributed by atoms with van der Waals surface area (Å²) in [7, 11) is 1.64. The van der Waals surface area contributed by atoms with Gasteiger partial charge < -0.3 is 19.4 Å². The fraction of sp³-hybridized carbons (Fsp3) is 0.448. The molecule has 2 saturated heterocycles. The van der Waals surface area contributed by atoms with Gasteiger partial charge in [-0.2, -0.15) is 5.26 Å². The molecule has 2 atom stereocenters. The number of carbonyl (C=O) groups is 3. The molecular weight excluding hydrogens is 523 g/mol. The molecule has 0 spiro atoms. The Labute approximate surface area is 231 Å². The molecule has 2 heterocycles. The van der Waals surface area contributed by atoms with Gasteiger partial charge in [0.2, 0.25) is 11.8 Å². The van der Waals surface area contributed by atoms with Gasteiger partial charge in [-0.1, -0.05) is 23.7 Å². The van der Waals surface area contributed by atoms with E-state index < -0.39 is 17.3 Å². The number of hydrogen-bond donors (Lipinski definition) is 0. The van der Waals surface area contributed by atoms with Gasteiger partial charge in [0.05, 0.1) is 12.1 Å². The van der Waals surface area contributed by atoms with E-state index in [2.05, 4.69) is 6.07 Å². The molecule has 39 heavy (non-hydrogen) atoms. The number of nitrogens with zero attached hydrogens (tertiary/aromatic N) is 4. The first-order valence-corrected chi connectivity index (χ1v) is 13.5. The average molecular weight is 553 g/mol. The molecule has 2 aromatic rings. The first kappa shape index (κ1) is 26.9. The zero-order valence-electron chi connectivity index (χ0n) is 21.7. The summed E-state index contributed by atoms with van der Waals surface area (Å²) < 4.78 is 18.7. The SMILES string of the molecule is CN(C(=O)Oc1ccc(F)cc1)C1CN(C(=O)C2CCN(C(=O)C3(C#N)CC3)CC2)CC1c1ccc(Cl)cc1. The highest BCUT2D eigenvalue weighted by Crippen LogP contribution is 2.47. The number of benzene rings is 2. The van der Waals surface area contributed by atoms with Crippen LogP contribution in [-0.2, 0) is 9.59 Å². The van der Waals surface area contributed by atoms with Crippen LogP contribution >= 0.6 is 11.6 Å². The number of likely N-dealkylation sites (tertiary alicyclic amines) is 2. The Kier molecular flexibility index (Phi) is 7.50. The maximum atomic E-state index is 13.6. The minimum atomic E-state index is -0.849. The molecule has 2 aromatic carbocycles. The summed E-state index contributed by atoms with van der Waals surface area (Å²) in [5.74, 6) is -0.695. The lowest BCUT2D eigenvalue weighted by molar-refractivity contribution is -0.141. The van der Waals surface area contributed by atoms with Crippen LogP contribution in [0.3, 0.4) is 0 Å². The van der Waals surface area contributed by atoms with Gasteiger partial charge in [0, 0.05) is 50.1 Å². The van der Waals surface area contributed by atoms with Crippen molar-refractivity contribution in [2.45, 2.75) is 37.6 Å². The van der Waals surface area contributed by atoms with Gasteiger partial charge in [-0.05, 0) is 67.6 Å². The molecule has 3 amide bonds. The highest BCUT2D eigenvalue weighted by Gasteiger charge is 2.53. The highest BCUT2D eigenvalue weighted by atomic mass is 35.5. The van der Waals surface area contributed by atoms with Gasteiger partial charge in [-0.25, -0.2) is 9.18 Å². The second-order valence-corrected chi connectivity index (χ2v) is 11.1. The number of carbonyl (C=O) groups excluding carboxylic acids is 3. The van der Waals surface area contributed by atoms with E-state index in [1.165, 1.54) is 29.2 Å². The molecule has 2 aliphatic heterocycles. The number of halogens is 2. The number of hydrogen-bond acceptors (Lipinski definition) is 5. The zero-order chi connectivity index (χ0) is 27.7. The van der Waals surface area contributed by atoms with Crippen molar-refractivity contribution < 1.29 is 23.5 Å². The lowest BCUT2D eigenvalue weighted by Crippen LogP contribution is -2.47. The van der Waals surface area contributed by atoms with Crippen LogP contribution in [-0.4, -0.2) is 71.9 Å². The maximum absolute atomic E-state index is 13.6. The normalized spacial score (nSPS) is 22.2. The first-order chi connectivity index (χ1) is 18.7. The van der Waals surface area contributed by atoms with E-state index in [0.29, 0.717) is 56.9 Å². The van der Waals surface area contributed by atoms with E-state index in [1.54, 1.807) is 29.0 Å². The molecule has 1 saturated carbocycles. The Hall–Kier alpha value is -3.64. The molecule has 3 aliphatic rings. The van der Waals surface area contributed by atoms with Gasteiger partial charge >= 0.3 is 6.09 Å². The monoisotopic (exact) mass is 552 g/mol. The molecule has 8 nitrogen and oxygen atoms in total. The van der Waals surface area contributed by atoms with Crippen LogP contribution < -0.4 is 4.74 Å². The third-order valence-electron chi connectivity index (χ3n) is 8.21. The van der Waals surface area contributed by atoms with E-state index in [4.69, 9.17) is 16.3 Å². The molecule has 3 fully saturated rings. The van der Waals surface area contributed by atoms with Crippen LogP contribution in [0.1, 0.15) is 37.2 Å². The minimum absolute atomic E-state index is 0.00489. The molecule has 0 radical (unpaired) electrons. The number of nitriles is 1. The first-order valence-electron chi connectivity index (χ1n) is 13.2. The van der Waals surface area contributed by atoms with Gasteiger partial charge in [-0.3, -0.25) is 9.59 Å². The lowest BCUT2D eigenvalue weighted by atomic mass is 9.93. The van der Waals surface area contributed by atoms with Crippen molar-refractivity contribution in [1.29, 1.82) is 5.26 Å². The fourth-order valence-electron chi connectivity index (χ4n) is 5.60. The summed E-state index contributed by atoms with van der Waals surface area (Å²) in [6.07, 6.45) is 1.71. The van der Waals surface area contributed by atoms with Crippen LogP contribution in [0.5, 0.6) is 5.75 Å². The topological polar surface area (TPSA) is 93.9 Å². The van der Waals surface area contributed by atoms with Gasteiger partial charge in [0.25, 0.3) is 0 Å². The molecule has 0 N–H and O–H groups in total. The molecule has 0 aromatic heterocycles. The molecular formula is C29H30ClFN4O4. The molecule has 2 unspecified atom stereocenters. The third-order valence-corrected chi connectivity index (χ3v) is 8.46. The number of amides is 3. The van der Waals surface area contributed by atoms with Gasteiger partial charge in [0.1, 0.15) is 17.0 Å². The zero-order valence-corrected chi connectivity index (χ0v) is 22.4. The lowest BCUT2D eigenvalue weighted by Gasteiger charge is -2.34. The van der Waals surface area contributed by atoms with Crippen molar-refractivity contribution in [1.82, 2.24) is 14.7 Å². The van der Waals surface area contributed by atoms with Crippen LogP contribution in [0.4, 0.5) is 9.18 Å². The summed E-state index contributed by atoms with van der Waals surface area (Å²) in [5.41, 5.74) is 0.102. The quantitative estimate of drug-likeness (QED) is 0.546. The van der Waals surface area contributed by atoms with Crippen molar-refractivity contribution in [3.63, 3.8) is 0 Å². The van der Waals surface area contributed by atoms with E-state index in [-0.39, 0.29) is 35.4 Å². The Morgan fingerprint density at radius 3 is 2.26 bits per heavy atom. The predicted octanol–water partition coefficient (Wildman–Crippen LogP) is 4.45. The van der Waals surface area contributed by atoms with Crippen molar-refractivity contribution in [2.24, 2.45) is 11.3 Å². The van der Waals surface area contributed by atoms with Crippen molar-refractivity contribution in [2.75, 3.05) is 33.2 Å². The molecule has 0 bridgehead atoms. The van der Waals surface area contributed by atoms with Gasteiger partial charge in [-0.15, -0.1) is 0 Å². The van der Waals surface area contributed by atoms with Crippen LogP contribution in [0.15, 0.2) is 48.5 Å². The third kappa shape index (κ3) is 5.57. The Morgan fingerprint density at radius 1 is 1.03 bits per heavy atom. The van der Waals surface area contributed by atoms with E-state index in [9.17, 15) is 24.0 Å². The van der Waals surface area contributed by atoms with Crippen LogP contribution in [0.2, 0.25) is 5.02 Å². The predicted molar refractivity (Wildman–Crippen MR) is 141 cm³/mol. The summed E-state index contributed by atoms with van der Waals surface area (Å²) in [5, 5.41) is 9.95. The second kappa shape index (κ2) is 10.9. The van der Waals surface area contributed by atoms with Crippen molar-refractivity contribution in [3.8, 4) is 11.8 Å². The summed E-state index contributed by atoms with van der Waals surface area (Å²) in [4.78, 5) is 44.4. The van der Waals surface area contributed by atoms with Crippen molar-refractivity contribution >= 4 is 29.5 Å². The Balaban J connectivity index is 1.27. The smallest absolute Gasteiger partial charge is 0.410 e. The second-order valence-electron chi connectivity index (χ2n) is 10.7. The number of ether oxygens (including phenoxy) is 1. The molecule has 1 aliphatic carbocycles. The molecule has 204 valence electrons.